The molecule has 0 amide bonds. The van der Waals surface area contributed by atoms with Crippen LogP contribution in [0.15, 0.2) is 24.3 Å². The van der Waals surface area contributed by atoms with Crippen LogP contribution in [-0.4, -0.2) is 25.1 Å². The Morgan fingerprint density at radius 1 is 1.33 bits per heavy atom. The molecule has 1 saturated heterocycles. The Bertz CT molecular complexity index is 319. The number of halogens is 1. The van der Waals surface area contributed by atoms with E-state index in [9.17, 15) is 0 Å². The van der Waals surface area contributed by atoms with Crippen LogP contribution in [0.1, 0.15) is 12.0 Å². The molecule has 1 N–H and O–H groups in total. The Labute approximate surface area is 101 Å². The Morgan fingerprint density at radius 3 is 2.47 bits per heavy atom. The number of rotatable bonds is 4. The lowest BCUT2D eigenvalue weighted by Crippen LogP contribution is -2.57. The third kappa shape index (κ3) is 2.32. The summed E-state index contributed by atoms with van der Waals surface area (Å²) in [7, 11) is 0. The predicted octanol–water partition coefficient (Wildman–Crippen LogP) is 2.93. The Kier molecular flexibility index (Phi) is 3.60. The molecule has 15 heavy (non-hydrogen) atoms. The highest BCUT2D eigenvalue weighted by molar-refractivity contribution is 7.98. The van der Waals surface area contributed by atoms with E-state index in [1.165, 1.54) is 17.7 Å². The van der Waals surface area contributed by atoms with Crippen LogP contribution >= 0.6 is 23.4 Å². The Balaban J connectivity index is 2.14. The van der Waals surface area contributed by atoms with E-state index in [2.05, 4.69) is 23.7 Å². The summed E-state index contributed by atoms with van der Waals surface area (Å²) in [6.07, 6.45) is 3.42. The van der Waals surface area contributed by atoms with Crippen molar-refractivity contribution in [3.63, 3.8) is 0 Å². The van der Waals surface area contributed by atoms with Crippen LogP contribution in [0, 0.1) is 0 Å². The first-order chi connectivity index (χ1) is 7.27. The van der Waals surface area contributed by atoms with E-state index in [-0.39, 0.29) is 0 Å². The maximum atomic E-state index is 5.91. The second kappa shape index (κ2) is 4.77. The lowest BCUT2D eigenvalue weighted by Gasteiger charge is -2.43. The van der Waals surface area contributed by atoms with Gasteiger partial charge in [-0.1, -0.05) is 23.7 Å². The van der Waals surface area contributed by atoms with Crippen LogP contribution in [0.25, 0.3) is 0 Å². The number of thioether (sulfide) groups is 1. The van der Waals surface area contributed by atoms with E-state index in [1.54, 1.807) is 0 Å². The summed E-state index contributed by atoms with van der Waals surface area (Å²) in [5.74, 6) is 1.23. The summed E-state index contributed by atoms with van der Waals surface area (Å²) < 4.78 is 0. The number of hydrogen-bond acceptors (Lipinski definition) is 2. The van der Waals surface area contributed by atoms with E-state index in [0.29, 0.717) is 5.41 Å². The average Bonchev–Trinajstić information content (AvgIpc) is 2.19. The summed E-state index contributed by atoms with van der Waals surface area (Å²) in [6.45, 7) is 2.21. The molecule has 0 radical (unpaired) electrons. The van der Waals surface area contributed by atoms with E-state index in [4.69, 9.17) is 11.6 Å². The molecule has 1 aliphatic rings. The molecule has 0 unspecified atom stereocenters. The summed E-state index contributed by atoms with van der Waals surface area (Å²) in [5, 5.41) is 4.21. The minimum absolute atomic E-state index is 0.369. The number of hydrogen-bond donors (Lipinski definition) is 1. The Hall–Kier alpha value is -0.180. The van der Waals surface area contributed by atoms with Gasteiger partial charge in [0.15, 0.2) is 0 Å². The van der Waals surface area contributed by atoms with Crippen molar-refractivity contribution in [1.82, 2.24) is 5.32 Å². The predicted molar refractivity (Wildman–Crippen MR) is 69.0 cm³/mol. The highest BCUT2D eigenvalue weighted by Gasteiger charge is 2.37. The van der Waals surface area contributed by atoms with Crippen LogP contribution in [-0.2, 0) is 5.41 Å². The minimum atomic E-state index is 0.369. The van der Waals surface area contributed by atoms with E-state index in [0.717, 1.165) is 18.1 Å². The Morgan fingerprint density at radius 2 is 2.00 bits per heavy atom. The molecule has 0 spiro atoms. The summed E-state index contributed by atoms with van der Waals surface area (Å²) in [5.41, 5.74) is 1.80. The number of nitrogens with one attached hydrogen (secondary N) is 1. The van der Waals surface area contributed by atoms with Gasteiger partial charge in [-0.3, -0.25) is 0 Å². The summed E-state index contributed by atoms with van der Waals surface area (Å²) in [4.78, 5) is 0. The largest absolute Gasteiger partial charge is 0.315 e. The maximum absolute atomic E-state index is 5.91. The normalized spacial score (nSPS) is 18.5. The first-order valence-corrected chi connectivity index (χ1v) is 7.00. The van der Waals surface area contributed by atoms with Crippen LogP contribution in [0.2, 0.25) is 5.02 Å². The zero-order chi connectivity index (χ0) is 10.7. The van der Waals surface area contributed by atoms with Crippen LogP contribution in [0.4, 0.5) is 0 Å². The van der Waals surface area contributed by atoms with Crippen molar-refractivity contribution in [2.24, 2.45) is 0 Å². The van der Waals surface area contributed by atoms with Gasteiger partial charge in [0.25, 0.3) is 0 Å². The monoisotopic (exact) mass is 241 g/mol. The first kappa shape index (κ1) is 11.3. The van der Waals surface area contributed by atoms with Gasteiger partial charge in [0, 0.05) is 23.5 Å². The highest BCUT2D eigenvalue weighted by Crippen LogP contribution is 2.33. The van der Waals surface area contributed by atoms with Gasteiger partial charge >= 0.3 is 0 Å². The standard InChI is InChI=1S/C12H16ClNS/c1-15-7-6-12(8-14-9-12)10-2-4-11(13)5-3-10/h2-5,14H,6-9H2,1H3. The van der Waals surface area contributed by atoms with Crippen molar-refractivity contribution in [3.8, 4) is 0 Å². The lowest BCUT2D eigenvalue weighted by molar-refractivity contribution is 0.269. The molecule has 1 aromatic rings. The molecule has 1 nitrogen and oxygen atoms in total. The molecule has 0 atom stereocenters. The van der Waals surface area contributed by atoms with Gasteiger partial charge in [0.1, 0.15) is 0 Å². The molecule has 0 saturated carbocycles. The quantitative estimate of drug-likeness (QED) is 0.870. The molecule has 1 aliphatic heterocycles. The third-order valence-electron chi connectivity index (χ3n) is 3.17. The van der Waals surface area contributed by atoms with Gasteiger partial charge in [-0.2, -0.15) is 11.8 Å². The molecule has 2 rings (SSSR count). The van der Waals surface area contributed by atoms with Crippen molar-refractivity contribution in [2.45, 2.75) is 11.8 Å². The van der Waals surface area contributed by atoms with E-state index in [1.807, 2.05) is 23.9 Å². The fourth-order valence-corrected chi connectivity index (χ4v) is 2.77. The van der Waals surface area contributed by atoms with Crippen LogP contribution in [0.5, 0.6) is 0 Å². The second-order valence-corrected chi connectivity index (χ2v) is 5.56. The molecular weight excluding hydrogens is 226 g/mol. The SMILES string of the molecule is CSCCC1(c2ccc(Cl)cc2)CNC1. The molecular formula is C12H16ClNS. The average molecular weight is 242 g/mol. The molecule has 0 aliphatic carbocycles. The number of benzene rings is 1. The van der Waals surface area contributed by atoms with Crippen molar-refractivity contribution in [2.75, 3.05) is 25.1 Å². The molecule has 1 aromatic carbocycles. The molecule has 3 heteroatoms. The van der Waals surface area contributed by atoms with E-state index >= 15 is 0 Å². The molecule has 1 heterocycles. The second-order valence-electron chi connectivity index (χ2n) is 4.13. The van der Waals surface area contributed by atoms with Gasteiger partial charge in [-0.25, -0.2) is 0 Å². The smallest absolute Gasteiger partial charge is 0.0406 e. The topological polar surface area (TPSA) is 12.0 Å². The zero-order valence-electron chi connectivity index (χ0n) is 8.92. The van der Waals surface area contributed by atoms with Gasteiger partial charge in [-0.15, -0.1) is 0 Å². The summed E-state index contributed by atoms with van der Waals surface area (Å²) in [6, 6.07) is 8.33. The fraction of sp³-hybridized carbons (Fsp3) is 0.500. The highest BCUT2D eigenvalue weighted by atomic mass is 35.5. The van der Waals surface area contributed by atoms with Crippen molar-refractivity contribution in [3.05, 3.63) is 34.9 Å². The molecule has 0 bridgehead atoms. The van der Waals surface area contributed by atoms with Gasteiger partial charge in [0.2, 0.25) is 0 Å². The lowest BCUT2D eigenvalue weighted by atomic mass is 9.73. The van der Waals surface area contributed by atoms with Crippen molar-refractivity contribution >= 4 is 23.4 Å². The van der Waals surface area contributed by atoms with Crippen LogP contribution in [0.3, 0.4) is 0 Å². The third-order valence-corrected chi connectivity index (χ3v) is 4.03. The van der Waals surface area contributed by atoms with Crippen molar-refractivity contribution < 1.29 is 0 Å². The fourth-order valence-electron chi connectivity index (χ4n) is 2.05. The zero-order valence-corrected chi connectivity index (χ0v) is 10.5. The maximum Gasteiger partial charge on any atom is 0.0406 e. The van der Waals surface area contributed by atoms with Crippen LogP contribution < -0.4 is 5.32 Å². The van der Waals surface area contributed by atoms with E-state index < -0.39 is 0 Å². The summed E-state index contributed by atoms with van der Waals surface area (Å²) >= 11 is 7.83. The first-order valence-electron chi connectivity index (χ1n) is 5.23. The molecule has 0 aromatic heterocycles. The van der Waals surface area contributed by atoms with Gasteiger partial charge in [-0.05, 0) is 36.1 Å². The van der Waals surface area contributed by atoms with Crippen molar-refractivity contribution in [1.29, 1.82) is 0 Å². The molecule has 1 fully saturated rings. The molecule has 82 valence electrons. The van der Waals surface area contributed by atoms with Gasteiger partial charge < -0.3 is 5.32 Å². The van der Waals surface area contributed by atoms with Gasteiger partial charge in [0.05, 0.1) is 0 Å². The minimum Gasteiger partial charge on any atom is -0.315 e.